The third-order valence-corrected chi connectivity index (χ3v) is 12.1. The number of amides is 4. The summed E-state index contributed by atoms with van der Waals surface area (Å²) in [6, 6.07) is 5.90. The summed E-state index contributed by atoms with van der Waals surface area (Å²) in [5, 5.41) is 11.4. The van der Waals surface area contributed by atoms with E-state index in [4.69, 9.17) is 26.6 Å². The molecule has 0 spiro atoms. The van der Waals surface area contributed by atoms with Crippen molar-refractivity contribution in [2.45, 2.75) is 73.4 Å². The molecule has 0 heterocycles. The van der Waals surface area contributed by atoms with E-state index in [1.165, 1.54) is 0 Å². The summed E-state index contributed by atoms with van der Waals surface area (Å²) in [4.78, 5) is 25.1. The molecule has 0 aliphatic heterocycles. The smallest absolute Gasteiger partial charge is 0.374 e. The van der Waals surface area contributed by atoms with Crippen LogP contribution in [0, 0.1) is 6.92 Å². The Kier molecular flexibility index (Phi) is 18.7. The van der Waals surface area contributed by atoms with E-state index in [2.05, 4.69) is 21.3 Å². The lowest BCUT2D eigenvalue weighted by Crippen LogP contribution is -2.46. The van der Waals surface area contributed by atoms with Crippen LogP contribution in [0.25, 0.3) is 0 Å². The first-order chi connectivity index (χ1) is 19.7. The molecular formula is C27H52N4O8Si2. The highest BCUT2D eigenvalue weighted by Crippen LogP contribution is 2.21. The lowest BCUT2D eigenvalue weighted by molar-refractivity contribution is 0.0701. The Morgan fingerprint density at radius 1 is 0.634 bits per heavy atom. The van der Waals surface area contributed by atoms with Crippen LogP contribution < -0.4 is 21.3 Å². The number of anilines is 2. The maximum Gasteiger partial charge on any atom is 0.500 e. The van der Waals surface area contributed by atoms with Crippen molar-refractivity contribution in [1.82, 2.24) is 10.6 Å². The molecule has 236 valence electrons. The first-order valence-corrected chi connectivity index (χ1v) is 18.6. The second-order valence-electron chi connectivity index (χ2n) is 8.96. The molecule has 4 N–H and O–H groups in total. The predicted molar refractivity (Wildman–Crippen MR) is 165 cm³/mol. The molecule has 0 saturated carbocycles. The van der Waals surface area contributed by atoms with Crippen LogP contribution >= 0.6 is 0 Å². The van der Waals surface area contributed by atoms with Gasteiger partial charge in [-0.15, -0.1) is 0 Å². The SMILES string of the molecule is CCO[Si](CCCNC(=O)Nc1ccc(C)c(NC(=O)NCCC[Si](OCC)(OCC)OCC)c1)(OCC)OCC. The number of hydrogen-bond acceptors (Lipinski definition) is 8. The highest BCUT2D eigenvalue weighted by atomic mass is 28.4. The first-order valence-electron chi connectivity index (χ1n) is 14.8. The minimum atomic E-state index is -2.74. The number of carbonyl (C=O) groups excluding carboxylic acids is 2. The van der Waals surface area contributed by atoms with Gasteiger partial charge < -0.3 is 47.8 Å². The van der Waals surface area contributed by atoms with Crippen LogP contribution in [0.2, 0.25) is 12.1 Å². The average Bonchev–Trinajstić information content (AvgIpc) is 2.92. The van der Waals surface area contributed by atoms with E-state index in [9.17, 15) is 9.59 Å². The van der Waals surface area contributed by atoms with E-state index >= 15 is 0 Å². The summed E-state index contributed by atoms with van der Waals surface area (Å²) in [5.74, 6) is 0. The standard InChI is InChI=1S/C27H52N4O8Si2/c1-8-34-40(35-9-2,36-10-3)20-14-18-28-26(32)30-24-17-16-23(7)25(22-24)31-27(33)29-19-15-21-41(37-11-4,38-12-5)39-13-6/h16-17,22H,8-15,18-21H2,1-7H3,(H2,28,30,32)(H2,29,31,33). The highest BCUT2D eigenvalue weighted by Gasteiger charge is 2.40. The van der Waals surface area contributed by atoms with E-state index < -0.39 is 17.6 Å². The molecule has 0 aliphatic rings. The molecule has 0 fully saturated rings. The highest BCUT2D eigenvalue weighted by molar-refractivity contribution is 6.61. The van der Waals surface area contributed by atoms with E-state index in [0.29, 0.717) is 89.0 Å². The molecule has 0 aromatic heterocycles. The molecule has 1 aromatic carbocycles. The molecule has 0 aliphatic carbocycles. The molecule has 1 aromatic rings. The number of aryl methyl sites for hydroxylation is 1. The third-order valence-electron chi connectivity index (χ3n) is 5.82. The fourth-order valence-electron chi connectivity index (χ4n) is 4.19. The Morgan fingerprint density at radius 3 is 1.41 bits per heavy atom. The van der Waals surface area contributed by atoms with E-state index in [1.807, 2.05) is 54.5 Å². The second kappa shape index (κ2) is 20.8. The van der Waals surface area contributed by atoms with Crippen molar-refractivity contribution in [2.75, 3.05) is 63.4 Å². The summed E-state index contributed by atoms with van der Waals surface area (Å²) >= 11 is 0. The predicted octanol–water partition coefficient (Wildman–Crippen LogP) is 5.12. The van der Waals surface area contributed by atoms with Gasteiger partial charge in [-0.2, -0.15) is 0 Å². The molecule has 0 bridgehead atoms. The summed E-state index contributed by atoms with van der Waals surface area (Å²) in [5.41, 5.74) is 2.03. The molecule has 0 unspecified atom stereocenters. The van der Waals surface area contributed by atoms with Gasteiger partial charge in [-0.3, -0.25) is 0 Å². The summed E-state index contributed by atoms with van der Waals surface area (Å²) in [7, 11) is -5.48. The first kappa shape index (κ1) is 37.0. The Morgan fingerprint density at radius 2 is 1.02 bits per heavy atom. The minimum absolute atomic E-state index is 0.336. The van der Waals surface area contributed by atoms with Gasteiger partial charge in [0.05, 0.1) is 0 Å². The molecule has 4 amide bonds. The quantitative estimate of drug-likeness (QED) is 0.104. The summed E-state index contributed by atoms with van der Waals surface area (Å²) < 4.78 is 35.1. The second-order valence-corrected chi connectivity index (χ2v) is 14.4. The number of carbonyl (C=O) groups is 2. The van der Waals surface area contributed by atoms with Crippen LogP contribution in [0.4, 0.5) is 21.0 Å². The van der Waals surface area contributed by atoms with Crippen LogP contribution in [0.5, 0.6) is 0 Å². The average molecular weight is 617 g/mol. The van der Waals surface area contributed by atoms with Gasteiger partial charge in [-0.05, 0) is 79.0 Å². The molecule has 12 nitrogen and oxygen atoms in total. The zero-order valence-corrected chi connectivity index (χ0v) is 28.0. The van der Waals surface area contributed by atoms with Crippen molar-refractivity contribution in [3.05, 3.63) is 23.8 Å². The normalized spacial score (nSPS) is 11.8. The molecular weight excluding hydrogens is 564 g/mol. The molecule has 0 radical (unpaired) electrons. The van der Waals surface area contributed by atoms with Crippen LogP contribution in [0.1, 0.15) is 59.9 Å². The number of hydrogen-bond donors (Lipinski definition) is 4. The van der Waals surface area contributed by atoms with E-state index in [1.54, 1.807) is 12.1 Å². The van der Waals surface area contributed by atoms with Crippen molar-refractivity contribution in [3.63, 3.8) is 0 Å². The van der Waals surface area contributed by atoms with Gasteiger partial charge in [-0.25, -0.2) is 9.59 Å². The fourth-order valence-corrected chi connectivity index (χ4v) is 9.42. The van der Waals surface area contributed by atoms with Gasteiger partial charge in [0.1, 0.15) is 0 Å². The minimum Gasteiger partial charge on any atom is -0.374 e. The van der Waals surface area contributed by atoms with Crippen LogP contribution in [-0.4, -0.2) is 82.4 Å². The maximum atomic E-state index is 12.6. The summed E-state index contributed by atoms with van der Waals surface area (Å²) in [6.07, 6.45) is 1.31. The van der Waals surface area contributed by atoms with E-state index in [-0.39, 0.29) is 12.1 Å². The zero-order valence-electron chi connectivity index (χ0n) is 26.0. The summed E-state index contributed by atoms with van der Waals surface area (Å²) in [6.45, 7) is 17.4. The largest absolute Gasteiger partial charge is 0.500 e. The Labute approximate surface area is 248 Å². The van der Waals surface area contributed by atoms with Gasteiger partial charge >= 0.3 is 29.7 Å². The number of benzene rings is 1. The van der Waals surface area contributed by atoms with Gasteiger partial charge in [0.2, 0.25) is 0 Å². The molecule has 14 heteroatoms. The monoisotopic (exact) mass is 616 g/mol. The van der Waals surface area contributed by atoms with Gasteiger partial charge in [0.25, 0.3) is 0 Å². The molecule has 0 saturated heterocycles. The number of rotatable bonds is 22. The zero-order chi connectivity index (χ0) is 30.6. The Hall–Kier alpha value is -2.05. The van der Waals surface area contributed by atoms with Crippen LogP contribution in [0.15, 0.2) is 18.2 Å². The lowest BCUT2D eigenvalue weighted by atomic mass is 10.2. The lowest BCUT2D eigenvalue weighted by Gasteiger charge is -2.28. The van der Waals surface area contributed by atoms with Crippen LogP contribution in [-0.2, 0) is 26.6 Å². The van der Waals surface area contributed by atoms with Gasteiger partial charge in [-0.1, -0.05) is 6.07 Å². The Balaban J connectivity index is 2.57. The third kappa shape index (κ3) is 14.1. The molecule has 0 atom stereocenters. The molecule has 41 heavy (non-hydrogen) atoms. The topological polar surface area (TPSA) is 138 Å². The number of urea groups is 2. The van der Waals surface area contributed by atoms with Crippen molar-refractivity contribution in [2.24, 2.45) is 0 Å². The maximum absolute atomic E-state index is 12.6. The van der Waals surface area contributed by atoms with Crippen LogP contribution in [0.3, 0.4) is 0 Å². The van der Waals surface area contributed by atoms with Crippen molar-refractivity contribution in [1.29, 1.82) is 0 Å². The number of nitrogens with one attached hydrogen (secondary N) is 4. The van der Waals surface area contributed by atoms with Crippen molar-refractivity contribution in [3.8, 4) is 0 Å². The Bertz CT molecular complexity index is 863. The van der Waals surface area contributed by atoms with Crippen molar-refractivity contribution >= 4 is 41.0 Å². The van der Waals surface area contributed by atoms with Gasteiger partial charge in [0.15, 0.2) is 0 Å². The van der Waals surface area contributed by atoms with Crippen molar-refractivity contribution < 1.29 is 36.1 Å². The molecule has 1 rings (SSSR count). The fraction of sp³-hybridized carbons (Fsp3) is 0.704. The van der Waals surface area contributed by atoms with Gasteiger partial charge in [0, 0.05) is 76.2 Å². The van der Waals surface area contributed by atoms with E-state index in [0.717, 1.165) is 5.56 Å².